The summed E-state index contributed by atoms with van der Waals surface area (Å²) in [6.45, 7) is 5.21. The first-order valence-electron chi connectivity index (χ1n) is 5.08. The van der Waals surface area contributed by atoms with Gasteiger partial charge in [0.15, 0.2) is 0 Å². The molecule has 1 aromatic heterocycles. The number of aromatic nitrogens is 1. The van der Waals surface area contributed by atoms with Gasteiger partial charge in [0.05, 0.1) is 0 Å². The van der Waals surface area contributed by atoms with Gasteiger partial charge in [-0.25, -0.2) is 0 Å². The summed E-state index contributed by atoms with van der Waals surface area (Å²) >= 11 is 0. The van der Waals surface area contributed by atoms with E-state index in [0.717, 1.165) is 25.9 Å². The van der Waals surface area contributed by atoms with Crippen LogP contribution in [0, 0.1) is 0 Å². The lowest BCUT2D eigenvalue weighted by Crippen LogP contribution is -2.24. The molecule has 0 aromatic carbocycles. The summed E-state index contributed by atoms with van der Waals surface area (Å²) in [5.41, 5.74) is 0. The van der Waals surface area contributed by atoms with Crippen LogP contribution < -0.4 is 0 Å². The van der Waals surface area contributed by atoms with Gasteiger partial charge in [0, 0.05) is 31.9 Å². The Labute approximate surface area is 90.4 Å². The molecule has 0 bridgehead atoms. The lowest BCUT2D eigenvalue weighted by Gasteiger charge is -2.10. The highest BCUT2D eigenvalue weighted by Gasteiger charge is 2.17. The average molecular weight is 204 g/mol. The molecule has 1 aliphatic heterocycles. The molecule has 1 aromatic rings. The highest BCUT2D eigenvalue weighted by Crippen LogP contribution is 2.08. The Morgan fingerprint density at radius 1 is 1.40 bits per heavy atom. The monoisotopic (exact) mass is 204 g/mol. The Balaban J connectivity index is 0.000000162. The summed E-state index contributed by atoms with van der Waals surface area (Å²) in [7, 11) is 0. The zero-order valence-electron chi connectivity index (χ0n) is 8.80. The molecule has 15 heavy (non-hydrogen) atoms. The average Bonchev–Trinajstić information content (AvgIpc) is 2.69. The minimum atomic E-state index is 0.273. The van der Waals surface area contributed by atoms with Gasteiger partial charge in [0.1, 0.15) is 0 Å². The molecule has 0 radical (unpaired) electrons. The van der Waals surface area contributed by atoms with Crippen LogP contribution in [0.25, 0.3) is 0 Å². The van der Waals surface area contributed by atoms with E-state index in [1.165, 1.54) is 0 Å². The molecule has 1 saturated heterocycles. The van der Waals surface area contributed by atoms with E-state index in [0.29, 0.717) is 0 Å². The van der Waals surface area contributed by atoms with Crippen molar-refractivity contribution >= 4 is 5.91 Å². The van der Waals surface area contributed by atoms with Gasteiger partial charge in [0.2, 0.25) is 5.91 Å². The highest BCUT2D eigenvalue weighted by atomic mass is 16.2. The van der Waals surface area contributed by atoms with Crippen molar-refractivity contribution in [1.29, 1.82) is 0 Å². The van der Waals surface area contributed by atoms with Crippen LogP contribution in [0.1, 0.15) is 12.8 Å². The van der Waals surface area contributed by atoms with Crippen molar-refractivity contribution in [2.75, 3.05) is 13.1 Å². The Bertz CT molecular complexity index is 271. The van der Waals surface area contributed by atoms with Crippen LogP contribution in [0.3, 0.4) is 0 Å². The second-order valence-electron chi connectivity index (χ2n) is 3.26. The molecule has 2 rings (SSSR count). The third kappa shape index (κ3) is 4.40. The second kappa shape index (κ2) is 6.76. The first kappa shape index (κ1) is 11.4. The van der Waals surface area contributed by atoms with Crippen LogP contribution >= 0.6 is 0 Å². The Kier molecular flexibility index (Phi) is 5.15. The van der Waals surface area contributed by atoms with E-state index in [9.17, 15) is 4.79 Å². The van der Waals surface area contributed by atoms with Gasteiger partial charge < -0.3 is 4.90 Å². The quantitative estimate of drug-likeness (QED) is 0.689. The Morgan fingerprint density at radius 3 is 2.47 bits per heavy atom. The van der Waals surface area contributed by atoms with Crippen LogP contribution in [-0.4, -0.2) is 28.9 Å². The summed E-state index contributed by atoms with van der Waals surface area (Å²) in [6.07, 6.45) is 7.02. The summed E-state index contributed by atoms with van der Waals surface area (Å²) in [6, 6.07) is 5.72. The summed E-state index contributed by atoms with van der Waals surface area (Å²) in [4.78, 5) is 16.5. The lowest BCUT2D eigenvalue weighted by molar-refractivity contribution is -0.127. The summed E-state index contributed by atoms with van der Waals surface area (Å²) in [5.74, 6) is 0.273. The highest BCUT2D eigenvalue weighted by molar-refractivity contribution is 5.78. The third-order valence-corrected chi connectivity index (χ3v) is 2.09. The molecule has 0 saturated carbocycles. The number of hydrogen-bond donors (Lipinski definition) is 0. The number of hydrogen-bond acceptors (Lipinski definition) is 2. The van der Waals surface area contributed by atoms with Gasteiger partial charge in [-0.3, -0.25) is 9.78 Å². The fraction of sp³-hybridized carbons (Fsp3) is 0.333. The molecule has 0 aliphatic carbocycles. The normalized spacial score (nSPS) is 14.4. The van der Waals surface area contributed by atoms with Crippen molar-refractivity contribution in [2.24, 2.45) is 0 Å². The Morgan fingerprint density at radius 2 is 2.13 bits per heavy atom. The predicted octanol–water partition coefficient (Wildman–Crippen LogP) is 1.88. The first-order valence-corrected chi connectivity index (χ1v) is 5.08. The number of rotatable bonds is 2. The number of likely N-dealkylation sites (tertiary alicyclic amines) is 1. The molecule has 1 fully saturated rings. The summed E-state index contributed by atoms with van der Waals surface area (Å²) < 4.78 is 0. The maximum absolute atomic E-state index is 10.8. The lowest BCUT2D eigenvalue weighted by atomic mass is 10.4. The van der Waals surface area contributed by atoms with Gasteiger partial charge in [-0.1, -0.05) is 12.1 Å². The number of carbonyl (C=O) groups excluding carboxylic acids is 1. The molecular formula is C12H16N2O. The fourth-order valence-electron chi connectivity index (χ4n) is 1.37. The standard InChI is InChI=1S/C7H11NO.C5H5N/c1-2-5-8-6-3-4-7(8)9;1-2-4-6-5-3-1/h2H,1,3-6H2;1-5H. The van der Waals surface area contributed by atoms with E-state index in [-0.39, 0.29) is 5.91 Å². The molecule has 2 heterocycles. The fourth-order valence-corrected chi connectivity index (χ4v) is 1.37. The van der Waals surface area contributed by atoms with Crippen molar-refractivity contribution in [2.45, 2.75) is 12.8 Å². The zero-order chi connectivity index (χ0) is 10.9. The smallest absolute Gasteiger partial charge is 0.222 e. The minimum Gasteiger partial charge on any atom is -0.339 e. The van der Waals surface area contributed by atoms with Crippen molar-refractivity contribution < 1.29 is 4.79 Å². The van der Waals surface area contributed by atoms with Crippen molar-refractivity contribution in [1.82, 2.24) is 9.88 Å². The molecule has 1 amide bonds. The SMILES string of the molecule is C=CCN1CCCC1=O.c1ccncc1. The van der Waals surface area contributed by atoms with Crippen LogP contribution in [0.15, 0.2) is 43.2 Å². The summed E-state index contributed by atoms with van der Waals surface area (Å²) in [5, 5.41) is 0. The number of nitrogens with zero attached hydrogens (tertiary/aromatic N) is 2. The molecule has 0 unspecified atom stereocenters. The van der Waals surface area contributed by atoms with Crippen LogP contribution in [0.5, 0.6) is 0 Å². The van der Waals surface area contributed by atoms with Gasteiger partial charge in [-0.2, -0.15) is 0 Å². The van der Waals surface area contributed by atoms with Crippen molar-refractivity contribution in [3.05, 3.63) is 43.2 Å². The van der Waals surface area contributed by atoms with Crippen molar-refractivity contribution in [3.8, 4) is 0 Å². The van der Waals surface area contributed by atoms with Gasteiger partial charge in [-0.05, 0) is 18.6 Å². The maximum atomic E-state index is 10.8. The van der Waals surface area contributed by atoms with Gasteiger partial charge in [0.25, 0.3) is 0 Å². The molecule has 0 atom stereocenters. The van der Waals surface area contributed by atoms with Crippen LogP contribution in [0.2, 0.25) is 0 Å². The molecule has 0 spiro atoms. The van der Waals surface area contributed by atoms with E-state index in [2.05, 4.69) is 11.6 Å². The number of carbonyl (C=O) groups is 1. The van der Waals surface area contributed by atoms with E-state index in [1.807, 2.05) is 23.1 Å². The molecule has 3 nitrogen and oxygen atoms in total. The molecule has 80 valence electrons. The first-order chi connectivity index (χ1) is 7.34. The van der Waals surface area contributed by atoms with E-state index >= 15 is 0 Å². The maximum Gasteiger partial charge on any atom is 0.222 e. The topological polar surface area (TPSA) is 33.2 Å². The van der Waals surface area contributed by atoms with Crippen LogP contribution in [0.4, 0.5) is 0 Å². The number of amides is 1. The van der Waals surface area contributed by atoms with E-state index in [1.54, 1.807) is 18.5 Å². The molecule has 3 heteroatoms. The van der Waals surface area contributed by atoms with Gasteiger partial charge >= 0.3 is 0 Å². The van der Waals surface area contributed by atoms with Crippen molar-refractivity contribution in [3.63, 3.8) is 0 Å². The zero-order valence-corrected chi connectivity index (χ0v) is 8.80. The van der Waals surface area contributed by atoms with E-state index in [4.69, 9.17) is 0 Å². The van der Waals surface area contributed by atoms with Gasteiger partial charge in [-0.15, -0.1) is 6.58 Å². The third-order valence-electron chi connectivity index (χ3n) is 2.09. The second-order valence-corrected chi connectivity index (χ2v) is 3.26. The Hall–Kier alpha value is -1.64. The number of pyridine rings is 1. The molecular weight excluding hydrogens is 188 g/mol. The predicted molar refractivity (Wildman–Crippen MR) is 60.2 cm³/mol. The largest absolute Gasteiger partial charge is 0.339 e. The minimum absolute atomic E-state index is 0.273. The van der Waals surface area contributed by atoms with Crippen LogP contribution in [-0.2, 0) is 4.79 Å². The molecule has 0 N–H and O–H groups in total. The van der Waals surface area contributed by atoms with E-state index < -0.39 is 0 Å². The molecule has 1 aliphatic rings.